The van der Waals surface area contributed by atoms with Crippen LogP contribution in [0.3, 0.4) is 0 Å². The highest BCUT2D eigenvalue weighted by Gasteiger charge is 2.14. The summed E-state index contributed by atoms with van der Waals surface area (Å²) in [6.07, 6.45) is 0. The molecule has 2 N–H and O–H groups in total. The summed E-state index contributed by atoms with van der Waals surface area (Å²) in [5, 5.41) is 16.2. The minimum atomic E-state index is -1.29. The minimum absolute atomic E-state index is 0.0168. The normalized spacial score (nSPS) is 10.2. The Bertz CT molecular complexity index is 1030. The van der Waals surface area contributed by atoms with Gasteiger partial charge in [0.15, 0.2) is 0 Å². The maximum absolute atomic E-state index is 12.6. The van der Waals surface area contributed by atoms with Crippen molar-refractivity contribution in [3.8, 4) is 0 Å². The molecule has 140 valence electrons. The summed E-state index contributed by atoms with van der Waals surface area (Å²) in [7, 11) is 0. The zero-order chi connectivity index (χ0) is 20.1. The van der Waals surface area contributed by atoms with E-state index in [9.17, 15) is 19.5 Å². The van der Waals surface area contributed by atoms with Gasteiger partial charge in [-0.1, -0.05) is 24.3 Å². The molecule has 0 aliphatic carbocycles. The number of anilines is 2. The average molecular weight is 485 g/mol. The van der Waals surface area contributed by atoms with Crippen molar-refractivity contribution in [2.24, 2.45) is 0 Å². The van der Waals surface area contributed by atoms with Crippen molar-refractivity contribution in [1.29, 1.82) is 0 Å². The third-order valence-corrected chi connectivity index (χ3v) is 4.62. The monoisotopic (exact) mass is 485 g/mol. The third kappa shape index (κ3) is 4.74. The summed E-state index contributed by atoms with van der Waals surface area (Å²) in [6.45, 7) is 0. The molecule has 0 aliphatic heterocycles. The van der Waals surface area contributed by atoms with Crippen LogP contribution in [-0.4, -0.2) is 17.8 Å². The first-order valence-electron chi connectivity index (χ1n) is 8.23. The van der Waals surface area contributed by atoms with Crippen molar-refractivity contribution in [1.82, 2.24) is 0 Å². The first-order valence-corrected chi connectivity index (χ1v) is 9.30. The first kappa shape index (κ1) is 19.6. The number of para-hydroxylation sites is 1. The van der Waals surface area contributed by atoms with E-state index in [1.54, 1.807) is 36.4 Å². The highest BCUT2D eigenvalue weighted by Crippen LogP contribution is 2.19. The average Bonchev–Trinajstić information content (AvgIpc) is 2.69. The Kier molecular flexibility index (Phi) is 6.05. The lowest BCUT2D eigenvalue weighted by atomic mass is 10.1. The van der Waals surface area contributed by atoms with Crippen molar-refractivity contribution in [3.05, 3.63) is 93.1 Å². The highest BCUT2D eigenvalue weighted by molar-refractivity contribution is 14.1. The number of halogens is 1. The van der Waals surface area contributed by atoms with Gasteiger partial charge in [-0.2, -0.15) is 0 Å². The zero-order valence-electron chi connectivity index (χ0n) is 14.4. The summed E-state index contributed by atoms with van der Waals surface area (Å²) in [4.78, 5) is 35.9. The van der Waals surface area contributed by atoms with Crippen LogP contribution in [-0.2, 0) is 0 Å². The number of amides is 2. The quantitative estimate of drug-likeness (QED) is 0.543. The molecule has 0 saturated heterocycles. The van der Waals surface area contributed by atoms with Crippen LogP contribution in [0.25, 0.3) is 0 Å². The van der Waals surface area contributed by atoms with Crippen LogP contribution in [0, 0.1) is 3.57 Å². The molecule has 0 radical (unpaired) electrons. The molecule has 0 aliphatic rings. The van der Waals surface area contributed by atoms with Gasteiger partial charge in [0.1, 0.15) is 0 Å². The number of benzene rings is 3. The molecule has 0 bridgehead atoms. The van der Waals surface area contributed by atoms with Gasteiger partial charge >= 0.3 is 0 Å². The van der Waals surface area contributed by atoms with E-state index in [1.807, 2.05) is 12.1 Å². The standard InChI is InChI=1S/C21H15IN2O4/c22-15-9-5-13(6-10-15)19(25)24-18-4-2-1-3-17(18)20(26)23-16-11-7-14(8-12-16)21(27)28/h1-12H,(H,23,26)(H,24,25)(H,27,28)/p-1. The first-order chi connectivity index (χ1) is 13.4. The van der Waals surface area contributed by atoms with Crippen LogP contribution in [0.15, 0.2) is 72.8 Å². The van der Waals surface area contributed by atoms with Gasteiger partial charge in [-0.25, -0.2) is 0 Å². The van der Waals surface area contributed by atoms with E-state index < -0.39 is 11.9 Å². The highest BCUT2D eigenvalue weighted by atomic mass is 127. The third-order valence-electron chi connectivity index (χ3n) is 3.90. The molecule has 0 fully saturated rings. The Balaban J connectivity index is 1.77. The van der Waals surface area contributed by atoms with Crippen LogP contribution >= 0.6 is 22.6 Å². The lowest BCUT2D eigenvalue weighted by molar-refractivity contribution is -0.255. The molecule has 7 heteroatoms. The molecule has 0 atom stereocenters. The van der Waals surface area contributed by atoms with Crippen molar-refractivity contribution >= 4 is 51.7 Å². The second-order valence-corrected chi connectivity index (χ2v) is 7.07. The Labute approximate surface area is 174 Å². The van der Waals surface area contributed by atoms with Crippen molar-refractivity contribution in [2.75, 3.05) is 10.6 Å². The van der Waals surface area contributed by atoms with Gasteiger partial charge < -0.3 is 20.5 Å². The van der Waals surface area contributed by atoms with E-state index in [0.717, 1.165) is 3.57 Å². The maximum atomic E-state index is 12.6. The van der Waals surface area contributed by atoms with Gasteiger partial charge in [0.2, 0.25) is 0 Å². The molecule has 3 aromatic rings. The lowest BCUT2D eigenvalue weighted by Crippen LogP contribution is -2.22. The summed E-state index contributed by atoms with van der Waals surface area (Å²) in [5.41, 5.74) is 1.57. The Hall–Kier alpha value is -3.20. The molecule has 2 amide bonds. The number of aromatic carboxylic acids is 1. The Morgan fingerprint density at radius 1 is 0.714 bits per heavy atom. The number of carboxylic acid groups (broad SMARTS) is 1. The van der Waals surface area contributed by atoms with Crippen LogP contribution in [0.4, 0.5) is 11.4 Å². The van der Waals surface area contributed by atoms with Gasteiger partial charge in [0, 0.05) is 14.8 Å². The van der Waals surface area contributed by atoms with Gasteiger partial charge in [0.05, 0.1) is 17.2 Å². The molecule has 0 saturated carbocycles. The van der Waals surface area contributed by atoms with Crippen molar-refractivity contribution < 1.29 is 19.5 Å². The van der Waals surface area contributed by atoms with Gasteiger partial charge in [0.25, 0.3) is 11.8 Å². The maximum Gasteiger partial charge on any atom is 0.257 e. The van der Waals surface area contributed by atoms with E-state index in [1.165, 1.54) is 24.3 Å². The smallest absolute Gasteiger partial charge is 0.257 e. The number of hydrogen-bond donors (Lipinski definition) is 2. The number of nitrogens with one attached hydrogen (secondary N) is 2. The number of rotatable bonds is 5. The Morgan fingerprint density at radius 2 is 1.32 bits per heavy atom. The molecule has 0 spiro atoms. The second-order valence-electron chi connectivity index (χ2n) is 5.83. The molecular formula is C21H14IN2O4-. The number of carbonyl (C=O) groups is 3. The predicted octanol–water partition coefficient (Wildman–Crippen LogP) is 3.16. The summed E-state index contributed by atoms with van der Waals surface area (Å²) >= 11 is 2.15. The molecule has 0 unspecified atom stereocenters. The van der Waals surface area contributed by atoms with Crippen molar-refractivity contribution in [2.45, 2.75) is 0 Å². The number of carbonyl (C=O) groups excluding carboxylic acids is 3. The van der Waals surface area contributed by atoms with Gasteiger partial charge in [-0.3, -0.25) is 9.59 Å². The molecule has 3 rings (SSSR count). The molecule has 0 heterocycles. The van der Waals surface area contributed by atoms with E-state index >= 15 is 0 Å². The molecule has 3 aromatic carbocycles. The second kappa shape index (κ2) is 8.66. The molecule has 28 heavy (non-hydrogen) atoms. The minimum Gasteiger partial charge on any atom is -0.545 e. The van der Waals surface area contributed by atoms with E-state index in [2.05, 4.69) is 33.2 Å². The van der Waals surface area contributed by atoms with Crippen LogP contribution in [0.5, 0.6) is 0 Å². The summed E-state index contributed by atoms with van der Waals surface area (Å²) in [5.74, 6) is -2.05. The van der Waals surface area contributed by atoms with Crippen molar-refractivity contribution in [3.63, 3.8) is 0 Å². The zero-order valence-corrected chi connectivity index (χ0v) is 16.6. The number of carboxylic acids is 1. The van der Waals surface area contributed by atoms with Gasteiger partial charge in [-0.15, -0.1) is 0 Å². The SMILES string of the molecule is O=C([O-])c1ccc(NC(=O)c2ccccc2NC(=O)c2ccc(I)cc2)cc1. The summed E-state index contributed by atoms with van der Waals surface area (Å²) < 4.78 is 1.01. The van der Waals surface area contributed by atoms with Crippen LogP contribution in [0.2, 0.25) is 0 Å². The predicted molar refractivity (Wildman–Crippen MR) is 112 cm³/mol. The van der Waals surface area contributed by atoms with E-state index in [-0.39, 0.29) is 17.0 Å². The molecule has 6 nitrogen and oxygen atoms in total. The van der Waals surface area contributed by atoms with E-state index in [4.69, 9.17) is 0 Å². The number of hydrogen-bond acceptors (Lipinski definition) is 4. The largest absolute Gasteiger partial charge is 0.545 e. The summed E-state index contributed by atoms with van der Waals surface area (Å²) in [6, 6.07) is 19.3. The van der Waals surface area contributed by atoms with Gasteiger partial charge in [-0.05, 0) is 76.7 Å². The molecule has 0 aromatic heterocycles. The fraction of sp³-hybridized carbons (Fsp3) is 0. The lowest BCUT2D eigenvalue weighted by Gasteiger charge is -2.12. The molecular weight excluding hydrogens is 471 g/mol. The van der Waals surface area contributed by atoms with Crippen LogP contribution in [0.1, 0.15) is 31.1 Å². The van der Waals surface area contributed by atoms with Crippen LogP contribution < -0.4 is 15.7 Å². The fourth-order valence-electron chi connectivity index (χ4n) is 2.47. The van der Waals surface area contributed by atoms with E-state index in [0.29, 0.717) is 16.9 Å². The Morgan fingerprint density at radius 3 is 1.96 bits per heavy atom. The topological polar surface area (TPSA) is 98.3 Å². The fourth-order valence-corrected chi connectivity index (χ4v) is 2.83.